The zero-order valence-electron chi connectivity index (χ0n) is 9.84. The number of H-pyrrole nitrogens is 2. The van der Waals surface area contributed by atoms with E-state index in [4.69, 9.17) is 5.73 Å². The van der Waals surface area contributed by atoms with Gasteiger partial charge in [0, 0.05) is 6.42 Å². The van der Waals surface area contributed by atoms with Crippen LogP contribution in [0.3, 0.4) is 0 Å². The first kappa shape index (κ1) is 11.3. The van der Waals surface area contributed by atoms with Gasteiger partial charge in [-0.05, 0) is 17.7 Å². The van der Waals surface area contributed by atoms with Crippen LogP contribution in [0.1, 0.15) is 11.4 Å². The van der Waals surface area contributed by atoms with Crippen LogP contribution >= 0.6 is 0 Å². The lowest BCUT2D eigenvalue weighted by Gasteiger charge is -1.97. The maximum atomic E-state index is 11.6. The van der Waals surface area contributed by atoms with Gasteiger partial charge in [0.05, 0.1) is 0 Å². The Bertz CT molecular complexity index is 788. The number of aromatic amines is 2. The number of aromatic hydroxyl groups is 1. The molecule has 7 heteroatoms. The predicted octanol–water partition coefficient (Wildman–Crippen LogP) is 0.525. The van der Waals surface area contributed by atoms with Crippen molar-refractivity contribution < 1.29 is 5.11 Å². The standard InChI is InChI=1S/C12H11N5O2/c13-12-16-10-9(11(19)17-12)14-8(15-10)5-6-1-3-7(18)4-2-6/h1-4,18H,5H2,(H4,13,14,15,16,17,19). The smallest absolute Gasteiger partial charge is 0.278 e. The van der Waals surface area contributed by atoms with Gasteiger partial charge in [-0.2, -0.15) is 4.98 Å². The quantitative estimate of drug-likeness (QED) is 0.533. The van der Waals surface area contributed by atoms with Crippen molar-refractivity contribution in [2.75, 3.05) is 5.73 Å². The van der Waals surface area contributed by atoms with E-state index in [-0.39, 0.29) is 17.3 Å². The summed E-state index contributed by atoms with van der Waals surface area (Å²) in [4.78, 5) is 25.1. The molecule has 0 atom stereocenters. The lowest BCUT2D eigenvalue weighted by molar-refractivity contribution is 0.475. The molecule has 5 N–H and O–H groups in total. The number of phenolic OH excluding ortho intramolecular Hbond substituents is 1. The minimum absolute atomic E-state index is 0.0418. The maximum absolute atomic E-state index is 11.6. The largest absolute Gasteiger partial charge is 0.508 e. The van der Waals surface area contributed by atoms with Gasteiger partial charge in [0.2, 0.25) is 5.95 Å². The van der Waals surface area contributed by atoms with E-state index in [1.54, 1.807) is 24.3 Å². The highest BCUT2D eigenvalue weighted by Gasteiger charge is 2.09. The average Bonchev–Trinajstić information content (AvgIpc) is 2.75. The van der Waals surface area contributed by atoms with Crippen molar-refractivity contribution in [3.05, 3.63) is 46.0 Å². The van der Waals surface area contributed by atoms with Crippen LogP contribution in [0.5, 0.6) is 5.75 Å². The normalized spacial score (nSPS) is 10.9. The Balaban J connectivity index is 2.00. The highest BCUT2D eigenvalue weighted by atomic mass is 16.3. The first-order valence-electron chi connectivity index (χ1n) is 5.64. The summed E-state index contributed by atoms with van der Waals surface area (Å²) >= 11 is 0. The van der Waals surface area contributed by atoms with E-state index in [0.717, 1.165) is 5.56 Å². The van der Waals surface area contributed by atoms with Crippen LogP contribution in [-0.2, 0) is 6.42 Å². The van der Waals surface area contributed by atoms with Crippen molar-refractivity contribution in [1.29, 1.82) is 0 Å². The van der Waals surface area contributed by atoms with Gasteiger partial charge in [0.1, 0.15) is 11.6 Å². The molecule has 0 amide bonds. The third-order valence-corrected chi connectivity index (χ3v) is 2.74. The molecule has 2 aromatic heterocycles. The molecule has 0 radical (unpaired) electrons. The number of hydrogen-bond donors (Lipinski definition) is 4. The number of nitrogens with one attached hydrogen (secondary N) is 2. The summed E-state index contributed by atoms with van der Waals surface area (Å²) in [5.74, 6) is 0.865. The number of nitrogen functional groups attached to an aromatic ring is 1. The zero-order valence-corrected chi connectivity index (χ0v) is 9.84. The number of rotatable bonds is 2. The summed E-state index contributed by atoms with van der Waals surface area (Å²) in [5, 5.41) is 9.21. The number of nitrogens with zero attached hydrogens (tertiary/aromatic N) is 2. The highest BCUT2D eigenvalue weighted by molar-refractivity contribution is 5.70. The van der Waals surface area contributed by atoms with Gasteiger partial charge in [-0.15, -0.1) is 0 Å². The molecular weight excluding hydrogens is 246 g/mol. The maximum Gasteiger partial charge on any atom is 0.278 e. The van der Waals surface area contributed by atoms with Crippen LogP contribution in [0.4, 0.5) is 5.95 Å². The molecule has 0 saturated carbocycles. The number of aromatic nitrogens is 4. The monoisotopic (exact) mass is 257 g/mol. The molecule has 1 aromatic carbocycles. The molecular formula is C12H11N5O2. The van der Waals surface area contributed by atoms with Gasteiger partial charge >= 0.3 is 0 Å². The van der Waals surface area contributed by atoms with E-state index in [2.05, 4.69) is 19.9 Å². The molecule has 0 aliphatic carbocycles. The van der Waals surface area contributed by atoms with Gasteiger partial charge in [0.25, 0.3) is 5.56 Å². The molecule has 0 bridgehead atoms. The molecule has 7 nitrogen and oxygen atoms in total. The van der Waals surface area contributed by atoms with Crippen molar-refractivity contribution in [2.24, 2.45) is 0 Å². The summed E-state index contributed by atoms with van der Waals surface area (Å²) in [5.41, 5.74) is 6.68. The van der Waals surface area contributed by atoms with Crippen molar-refractivity contribution in [1.82, 2.24) is 19.9 Å². The molecule has 0 unspecified atom stereocenters. The molecule has 0 aliphatic heterocycles. The third-order valence-electron chi connectivity index (χ3n) is 2.74. The second-order valence-electron chi connectivity index (χ2n) is 4.18. The lowest BCUT2D eigenvalue weighted by atomic mass is 10.1. The number of fused-ring (bicyclic) bond motifs is 1. The Morgan fingerprint density at radius 3 is 2.63 bits per heavy atom. The van der Waals surface area contributed by atoms with Gasteiger partial charge in [-0.25, -0.2) is 4.98 Å². The first-order chi connectivity index (χ1) is 9.11. The van der Waals surface area contributed by atoms with Gasteiger partial charge in [0.15, 0.2) is 11.2 Å². The van der Waals surface area contributed by atoms with Gasteiger partial charge in [-0.1, -0.05) is 12.1 Å². The van der Waals surface area contributed by atoms with Crippen LogP contribution in [0.25, 0.3) is 11.2 Å². The fourth-order valence-corrected chi connectivity index (χ4v) is 1.86. The van der Waals surface area contributed by atoms with E-state index in [0.29, 0.717) is 23.4 Å². The van der Waals surface area contributed by atoms with Crippen LogP contribution in [0.15, 0.2) is 29.1 Å². The number of anilines is 1. The topological polar surface area (TPSA) is 121 Å². The lowest BCUT2D eigenvalue weighted by Crippen LogP contribution is -2.10. The molecule has 19 heavy (non-hydrogen) atoms. The van der Waals surface area contributed by atoms with Gasteiger partial charge < -0.3 is 15.8 Å². The Hall–Kier alpha value is -2.83. The summed E-state index contributed by atoms with van der Waals surface area (Å²) in [6, 6.07) is 6.77. The Kier molecular flexibility index (Phi) is 2.45. The van der Waals surface area contributed by atoms with Crippen molar-refractivity contribution in [3.8, 4) is 5.75 Å². The highest BCUT2D eigenvalue weighted by Crippen LogP contribution is 2.13. The average molecular weight is 257 g/mol. The third kappa shape index (κ3) is 2.13. The molecule has 0 aliphatic rings. The second kappa shape index (κ2) is 4.13. The molecule has 2 heterocycles. The fourth-order valence-electron chi connectivity index (χ4n) is 1.86. The summed E-state index contributed by atoms with van der Waals surface area (Å²) in [6.07, 6.45) is 0.510. The van der Waals surface area contributed by atoms with Crippen LogP contribution in [0, 0.1) is 0 Å². The summed E-state index contributed by atoms with van der Waals surface area (Å²) < 4.78 is 0. The van der Waals surface area contributed by atoms with Gasteiger partial charge in [-0.3, -0.25) is 9.78 Å². The number of imidazole rings is 1. The van der Waals surface area contributed by atoms with E-state index < -0.39 is 0 Å². The van der Waals surface area contributed by atoms with Crippen LogP contribution in [0.2, 0.25) is 0 Å². The van der Waals surface area contributed by atoms with Crippen LogP contribution < -0.4 is 11.3 Å². The van der Waals surface area contributed by atoms with Crippen molar-refractivity contribution in [2.45, 2.75) is 6.42 Å². The minimum atomic E-state index is -0.341. The summed E-state index contributed by atoms with van der Waals surface area (Å²) in [6.45, 7) is 0. The van der Waals surface area contributed by atoms with Crippen molar-refractivity contribution in [3.63, 3.8) is 0 Å². The number of benzene rings is 1. The first-order valence-corrected chi connectivity index (χ1v) is 5.64. The Morgan fingerprint density at radius 2 is 1.89 bits per heavy atom. The van der Waals surface area contributed by atoms with E-state index in [1.807, 2.05) is 0 Å². The van der Waals surface area contributed by atoms with E-state index >= 15 is 0 Å². The SMILES string of the molecule is Nc1nc2nc(Cc3ccc(O)cc3)[nH]c2c(=O)[nH]1. The van der Waals surface area contributed by atoms with E-state index in [9.17, 15) is 9.90 Å². The Morgan fingerprint density at radius 1 is 1.16 bits per heavy atom. The molecule has 0 saturated heterocycles. The van der Waals surface area contributed by atoms with Crippen molar-refractivity contribution >= 4 is 17.1 Å². The fraction of sp³-hybridized carbons (Fsp3) is 0.0833. The number of nitrogens with two attached hydrogens (primary N) is 1. The molecule has 0 fully saturated rings. The minimum Gasteiger partial charge on any atom is -0.508 e. The zero-order chi connectivity index (χ0) is 13.4. The number of hydrogen-bond acceptors (Lipinski definition) is 5. The van der Waals surface area contributed by atoms with E-state index in [1.165, 1.54) is 0 Å². The van der Waals surface area contributed by atoms with Crippen LogP contribution in [-0.4, -0.2) is 25.0 Å². The number of phenols is 1. The molecule has 3 rings (SSSR count). The second-order valence-corrected chi connectivity index (χ2v) is 4.18. The molecule has 3 aromatic rings. The molecule has 96 valence electrons. The molecule has 0 spiro atoms. The Labute approximate surface area is 107 Å². The summed E-state index contributed by atoms with van der Waals surface area (Å²) in [7, 11) is 0. The predicted molar refractivity (Wildman–Crippen MR) is 69.8 cm³/mol.